The molecule has 2 aliphatic heterocycles. The molecular weight excluding hydrogens is 314 g/mol. The number of hydrogen-bond acceptors (Lipinski definition) is 6. The summed E-state index contributed by atoms with van der Waals surface area (Å²) < 4.78 is 4.98. The maximum absolute atomic E-state index is 12.7. The van der Waals surface area contributed by atoms with Gasteiger partial charge in [-0.1, -0.05) is 0 Å². The Labute approximate surface area is 138 Å². The van der Waals surface area contributed by atoms with Crippen LogP contribution in [0.4, 0.5) is 0 Å². The lowest BCUT2D eigenvalue weighted by molar-refractivity contribution is 0.0759. The minimum atomic E-state index is -0.718. The molecule has 3 rings (SSSR count). The van der Waals surface area contributed by atoms with Gasteiger partial charge in [0.15, 0.2) is 5.69 Å². The van der Waals surface area contributed by atoms with Crippen molar-refractivity contribution in [2.75, 3.05) is 33.3 Å². The Morgan fingerprint density at radius 2 is 1.88 bits per heavy atom. The third kappa shape index (κ3) is 3.22. The van der Waals surface area contributed by atoms with Gasteiger partial charge in [-0.15, -0.1) is 0 Å². The molecule has 9 nitrogen and oxygen atoms in total. The quantitative estimate of drug-likeness (QED) is 0.630. The van der Waals surface area contributed by atoms with Gasteiger partial charge in [-0.2, -0.15) is 0 Å². The van der Waals surface area contributed by atoms with E-state index in [1.165, 1.54) is 7.11 Å². The molecule has 1 aromatic heterocycles. The molecule has 132 valence electrons. The molecule has 1 atom stereocenters. The van der Waals surface area contributed by atoms with E-state index in [4.69, 9.17) is 10.5 Å². The van der Waals surface area contributed by atoms with Gasteiger partial charge < -0.3 is 15.4 Å². The SMILES string of the molecule is COc1c(C(=O)N2CCC(N3CCC(N)CC3)C2)[nH]c(=O)[nH]c1=O. The molecular formula is C15H23N5O4. The molecule has 0 bridgehead atoms. The molecule has 1 unspecified atom stereocenters. The van der Waals surface area contributed by atoms with Crippen molar-refractivity contribution >= 4 is 5.91 Å². The van der Waals surface area contributed by atoms with Crippen LogP contribution in [0.15, 0.2) is 9.59 Å². The normalized spacial score (nSPS) is 22.8. The highest BCUT2D eigenvalue weighted by molar-refractivity contribution is 5.95. The summed E-state index contributed by atoms with van der Waals surface area (Å²) in [5, 5.41) is 0. The van der Waals surface area contributed by atoms with Crippen molar-refractivity contribution in [3.05, 3.63) is 26.5 Å². The third-order valence-corrected chi connectivity index (χ3v) is 4.86. The zero-order chi connectivity index (χ0) is 17.3. The molecule has 2 saturated heterocycles. The number of amides is 1. The van der Waals surface area contributed by atoms with Crippen molar-refractivity contribution in [1.82, 2.24) is 19.8 Å². The van der Waals surface area contributed by atoms with Gasteiger partial charge in [0.1, 0.15) is 0 Å². The lowest BCUT2D eigenvalue weighted by Gasteiger charge is -2.34. The second-order valence-corrected chi connectivity index (χ2v) is 6.38. The molecule has 0 aliphatic carbocycles. The van der Waals surface area contributed by atoms with Crippen LogP contribution in [-0.4, -0.2) is 71.0 Å². The molecule has 0 radical (unpaired) electrons. The number of ether oxygens (including phenoxy) is 1. The number of aromatic amines is 2. The Morgan fingerprint density at radius 1 is 1.17 bits per heavy atom. The molecule has 4 N–H and O–H groups in total. The van der Waals surface area contributed by atoms with Crippen molar-refractivity contribution in [1.29, 1.82) is 0 Å². The Bertz CT molecular complexity index is 719. The van der Waals surface area contributed by atoms with Crippen LogP contribution in [0, 0.1) is 0 Å². The molecule has 0 saturated carbocycles. The largest absolute Gasteiger partial charge is 0.489 e. The summed E-state index contributed by atoms with van der Waals surface area (Å²) >= 11 is 0. The Balaban J connectivity index is 1.73. The van der Waals surface area contributed by atoms with Crippen LogP contribution in [0.3, 0.4) is 0 Å². The van der Waals surface area contributed by atoms with E-state index in [9.17, 15) is 14.4 Å². The topological polar surface area (TPSA) is 125 Å². The number of carbonyl (C=O) groups is 1. The van der Waals surface area contributed by atoms with E-state index in [1.54, 1.807) is 4.90 Å². The molecule has 1 amide bonds. The number of nitrogens with two attached hydrogens (primary N) is 1. The average Bonchev–Trinajstić information content (AvgIpc) is 3.04. The highest BCUT2D eigenvalue weighted by Crippen LogP contribution is 2.22. The number of rotatable bonds is 3. The molecule has 1 aromatic rings. The zero-order valence-electron chi connectivity index (χ0n) is 13.7. The first-order valence-corrected chi connectivity index (χ1v) is 8.19. The van der Waals surface area contributed by atoms with Gasteiger partial charge in [0.2, 0.25) is 5.75 Å². The summed E-state index contributed by atoms with van der Waals surface area (Å²) in [5.41, 5.74) is 4.42. The first-order valence-electron chi connectivity index (χ1n) is 8.19. The number of methoxy groups -OCH3 is 1. The van der Waals surface area contributed by atoms with Crippen molar-refractivity contribution in [2.24, 2.45) is 5.73 Å². The summed E-state index contributed by atoms with van der Waals surface area (Å²) in [4.78, 5) is 44.4. The lowest BCUT2D eigenvalue weighted by Crippen LogP contribution is -2.46. The van der Waals surface area contributed by atoms with Crippen LogP contribution in [0.5, 0.6) is 5.75 Å². The van der Waals surface area contributed by atoms with Crippen LogP contribution >= 0.6 is 0 Å². The van der Waals surface area contributed by atoms with Crippen molar-refractivity contribution < 1.29 is 9.53 Å². The molecule has 2 fully saturated rings. The first-order chi connectivity index (χ1) is 11.5. The van der Waals surface area contributed by atoms with E-state index in [0.29, 0.717) is 19.1 Å². The number of likely N-dealkylation sites (tertiary alicyclic amines) is 2. The Hall–Kier alpha value is -2.13. The van der Waals surface area contributed by atoms with Gasteiger partial charge in [-0.3, -0.25) is 24.5 Å². The highest BCUT2D eigenvalue weighted by atomic mass is 16.5. The summed E-state index contributed by atoms with van der Waals surface area (Å²) in [6.07, 6.45) is 2.82. The standard InChI is InChI=1S/C15H23N5O4/c1-24-12-11(17-15(23)18-13(12)21)14(22)20-7-4-10(8-20)19-5-2-9(16)3-6-19/h9-10H,2-8,16H2,1H3,(H2,17,18,21,23). The fourth-order valence-electron chi connectivity index (χ4n) is 3.49. The van der Waals surface area contributed by atoms with Crippen LogP contribution in [0.1, 0.15) is 29.8 Å². The second-order valence-electron chi connectivity index (χ2n) is 6.38. The predicted molar refractivity (Wildman–Crippen MR) is 87.3 cm³/mol. The van der Waals surface area contributed by atoms with Gasteiger partial charge in [0, 0.05) is 25.2 Å². The molecule has 3 heterocycles. The minimum Gasteiger partial charge on any atom is -0.489 e. The number of hydrogen-bond donors (Lipinski definition) is 3. The van der Waals surface area contributed by atoms with Gasteiger partial charge in [-0.05, 0) is 32.4 Å². The van der Waals surface area contributed by atoms with Crippen molar-refractivity contribution in [2.45, 2.75) is 31.3 Å². The van der Waals surface area contributed by atoms with Crippen LogP contribution in [0.2, 0.25) is 0 Å². The number of aromatic nitrogens is 2. The smallest absolute Gasteiger partial charge is 0.326 e. The van der Waals surface area contributed by atoms with E-state index in [1.807, 2.05) is 0 Å². The number of piperidine rings is 1. The van der Waals surface area contributed by atoms with Gasteiger partial charge >= 0.3 is 5.69 Å². The molecule has 0 spiro atoms. The number of nitrogens with one attached hydrogen (secondary N) is 2. The summed E-state index contributed by atoms with van der Waals surface area (Å²) in [7, 11) is 1.30. The van der Waals surface area contributed by atoms with E-state index in [0.717, 1.165) is 32.4 Å². The molecule has 24 heavy (non-hydrogen) atoms. The minimum absolute atomic E-state index is 0.0902. The third-order valence-electron chi connectivity index (χ3n) is 4.86. The average molecular weight is 337 g/mol. The van der Waals surface area contributed by atoms with Crippen molar-refractivity contribution in [3.63, 3.8) is 0 Å². The monoisotopic (exact) mass is 337 g/mol. The van der Waals surface area contributed by atoms with E-state index >= 15 is 0 Å². The molecule has 9 heteroatoms. The number of nitrogens with zero attached hydrogens (tertiary/aromatic N) is 2. The van der Waals surface area contributed by atoms with Crippen molar-refractivity contribution in [3.8, 4) is 5.75 Å². The van der Waals surface area contributed by atoms with Gasteiger partial charge in [0.05, 0.1) is 7.11 Å². The fraction of sp³-hybridized carbons (Fsp3) is 0.667. The van der Waals surface area contributed by atoms with E-state index in [-0.39, 0.29) is 23.4 Å². The fourth-order valence-corrected chi connectivity index (χ4v) is 3.49. The van der Waals surface area contributed by atoms with E-state index < -0.39 is 11.2 Å². The maximum Gasteiger partial charge on any atom is 0.326 e. The highest BCUT2D eigenvalue weighted by Gasteiger charge is 2.34. The number of carbonyl (C=O) groups excluding carboxylic acids is 1. The summed E-state index contributed by atoms with van der Waals surface area (Å²) in [6.45, 7) is 3.05. The van der Waals surface area contributed by atoms with Crippen LogP contribution in [0.25, 0.3) is 0 Å². The Kier molecular flexibility index (Phi) is 4.72. The van der Waals surface area contributed by atoms with Crippen LogP contribution < -0.4 is 21.7 Å². The lowest BCUT2D eigenvalue weighted by atomic mass is 10.0. The summed E-state index contributed by atoms with van der Waals surface area (Å²) in [5.74, 6) is -0.543. The first kappa shape index (κ1) is 16.7. The second kappa shape index (κ2) is 6.78. The Morgan fingerprint density at radius 3 is 2.54 bits per heavy atom. The van der Waals surface area contributed by atoms with Gasteiger partial charge in [0.25, 0.3) is 11.5 Å². The summed E-state index contributed by atoms with van der Waals surface area (Å²) in [6, 6.07) is 0.562. The van der Waals surface area contributed by atoms with Crippen LogP contribution in [-0.2, 0) is 0 Å². The van der Waals surface area contributed by atoms with Gasteiger partial charge in [-0.25, -0.2) is 4.79 Å². The van der Waals surface area contributed by atoms with E-state index in [2.05, 4.69) is 14.9 Å². The molecule has 2 aliphatic rings. The predicted octanol–water partition coefficient (Wildman–Crippen LogP) is -1.29. The zero-order valence-corrected chi connectivity index (χ0v) is 13.7. The number of H-pyrrole nitrogens is 2. The maximum atomic E-state index is 12.7. The molecule has 0 aromatic carbocycles.